The smallest absolute Gasteiger partial charge is 0.270 e. The molecule has 1 aliphatic rings. The summed E-state index contributed by atoms with van der Waals surface area (Å²) in [5.74, 6) is -0.176. The van der Waals surface area contributed by atoms with Crippen LogP contribution in [0.25, 0.3) is 0 Å². The van der Waals surface area contributed by atoms with Crippen molar-refractivity contribution in [2.45, 2.75) is 32.7 Å². The van der Waals surface area contributed by atoms with Crippen molar-refractivity contribution in [1.29, 1.82) is 0 Å². The molecule has 3 heterocycles. The summed E-state index contributed by atoms with van der Waals surface area (Å²) in [6.45, 7) is 8.24. The summed E-state index contributed by atoms with van der Waals surface area (Å²) in [4.78, 5) is 32.2. The Morgan fingerprint density at radius 1 is 1.30 bits per heavy atom. The molecule has 27 heavy (non-hydrogen) atoms. The van der Waals surface area contributed by atoms with Gasteiger partial charge in [-0.2, -0.15) is 11.3 Å². The number of aromatic amines is 1. The number of thiophene rings is 1. The SMILES string of the molecule is CCN(CC)[C@H](CNC(=O)c1c[nH]c(C(=O)N2CCCC2)c1)c1ccsc1. The molecule has 0 aromatic carbocycles. The zero-order chi connectivity index (χ0) is 19.2. The Balaban J connectivity index is 1.63. The number of aromatic nitrogens is 1. The summed E-state index contributed by atoms with van der Waals surface area (Å²) in [6, 6.07) is 3.93. The van der Waals surface area contributed by atoms with Gasteiger partial charge in [-0.3, -0.25) is 14.5 Å². The van der Waals surface area contributed by atoms with Crippen LogP contribution in [0.5, 0.6) is 0 Å². The van der Waals surface area contributed by atoms with Gasteiger partial charge in [-0.15, -0.1) is 0 Å². The molecule has 0 aliphatic carbocycles. The highest BCUT2D eigenvalue weighted by Crippen LogP contribution is 2.22. The normalized spacial score (nSPS) is 15.3. The van der Waals surface area contributed by atoms with Gasteiger partial charge in [-0.25, -0.2) is 0 Å². The van der Waals surface area contributed by atoms with Crippen molar-refractivity contribution in [3.05, 3.63) is 45.9 Å². The van der Waals surface area contributed by atoms with E-state index in [4.69, 9.17) is 0 Å². The van der Waals surface area contributed by atoms with Crippen LogP contribution < -0.4 is 5.32 Å². The van der Waals surface area contributed by atoms with Gasteiger partial charge in [0.15, 0.2) is 0 Å². The second-order valence-corrected chi connectivity index (χ2v) is 7.59. The molecule has 1 atom stereocenters. The lowest BCUT2D eigenvalue weighted by molar-refractivity contribution is 0.0787. The molecule has 3 rings (SSSR count). The first-order valence-electron chi connectivity index (χ1n) is 9.66. The van der Waals surface area contributed by atoms with Crippen molar-refractivity contribution in [3.8, 4) is 0 Å². The van der Waals surface area contributed by atoms with E-state index in [-0.39, 0.29) is 17.9 Å². The van der Waals surface area contributed by atoms with Crippen molar-refractivity contribution < 1.29 is 9.59 Å². The summed E-state index contributed by atoms with van der Waals surface area (Å²) in [5.41, 5.74) is 2.21. The number of carbonyl (C=O) groups is 2. The fraction of sp³-hybridized carbons (Fsp3) is 0.500. The van der Waals surface area contributed by atoms with E-state index < -0.39 is 0 Å². The fourth-order valence-electron chi connectivity index (χ4n) is 3.62. The number of amides is 2. The van der Waals surface area contributed by atoms with Gasteiger partial charge >= 0.3 is 0 Å². The Morgan fingerprint density at radius 3 is 2.67 bits per heavy atom. The summed E-state index contributed by atoms with van der Waals surface area (Å²) >= 11 is 1.67. The number of likely N-dealkylation sites (tertiary alicyclic amines) is 1. The molecule has 0 spiro atoms. The topological polar surface area (TPSA) is 68.4 Å². The Hall–Kier alpha value is -2.12. The largest absolute Gasteiger partial charge is 0.356 e. The van der Waals surface area contributed by atoms with E-state index in [1.807, 2.05) is 4.90 Å². The van der Waals surface area contributed by atoms with Crippen LogP contribution in [0.15, 0.2) is 29.1 Å². The summed E-state index contributed by atoms with van der Waals surface area (Å²) in [5, 5.41) is 7.24. The third-order valence-corrected chi connectivity index (χ3v) is 5.91. The molecule has 6 nitrogen and oxygen atoms in total. The van der Waals surface area contributed by atoms with Gasteiger partial charge in [0.25, 0.3) is 11.8 Å². The molecular weight excluding hydrogens is 360 g/mol. The molecule has 2 N–H and O–H groups in total. The Morgan fingerprint density at radius 2 is 2.04 bits per heavy atom. The van der Waals surface area contributed by atoms with Gasteiger partial charge < -0.3 is 15.2 Å². The van der Waals surface area contributed by atoms with Gasteiger partial charge in [0.05, 0.1) is 11.6 Å². The molecule has 2 amide bonds. The second-order valence-electron chi connectivity index (χ2n) is 6.81. The number of H-pyrrole nitrogens is 1. The maximum absolute atomic E-state index is 12.6. The predicted molar refractivity (Wildman–Crippen MR) is 108 cm³/mol. The van der Waals surface area contributed by atoms with Gasteiger partial charge in [-0.1, -0.05) is 13.8 Å². The highest BCUT2D eigenvalue weighted by molar-refractivity contribution is 7.07. The minimum atomic E-state index is -0.154. The van der Waals surface area contributed by atoms with Crippen LogP contribution in [0.2, 0.25) is 0 Å². The Kier molecular flexibility index (Phi) is 6.68. The van der Waals surface area contributed by atoms with Crippen LogP contribution in [-0.2, 0) is 0 Å². The second kappa shape index (κ2) is 9.19. The predicted octanol–water partition coefficient (Wildman–Crippen LogP) is 3.13. The first kappa shape index (κ1) is 19.6. The van der Waals surface area contributed by atoms with E-state index >= 15 is 0 Å². The Bertz CT molecular complexity index is 746. The van der Waals surface area contributed by atoms with Crippen LogP contribution in [0, 0.1) is 0 Å². The number of nitrogens with one attached hydrogen (secondary N) is 2. The van der Waals surface area contributed by atoms with Crippen LogP contribution >= 0.6 is 11.3 Å². The van der Waals surface area contributed by atoms with E-state index in [1.165, 1.54) is 5.56 Å². The highest BCUT2D eigenvalue weighted by Gasteiger charge is 2.23. The van der Waals surface area contributed by atoms with Gasteiger partial charge in [0.2, 0.25) is 0 Å². The molecular formula is C20H28N4O2S. The first-order valence-corrected chi connectivity index (χ1v) is 10.6. The van der Waals surface area contributed by atoms with E-state index in [0.717, 1.165) is 39.0 Å². The average molecular weight is 389 g/mol. The minimum absolute atomic E-state index is 0.0224. The summed E-state index contributed by atoms with van der Waals surface area (Å²) in [6.07, 6.45) is 3.72. The third-order valence-electron chi connectivity index (χ3n) is 5.21. The van der Waals surface area contributed by atoms with E-state index in [9.17, 15) is 9.59 Å². The molecule has 0 unspecified atom stereocenters. The maximum Gasteiger partial charge on any atom is 0.270 e. The van der Waals surface area contributed by atoms with Crippen molar-refractivity contribution in [2.24, 2.45) is 0 Å². The van der Waals surface area contributed by atoms with Gasteiger partial charge in [0, 0.05) is 25.8 Å². The minimum Gasteiger partial charge on any atom is -0.356 e. The van der Waals surface area contributed by atoms with Crippen molar-refractivity contribution in [2.75, 3.05) is 32.7 Å². The third kappa shape index (κ3) is 4.59. The first-order chi connectivity index (χ1) is 13.1. The molecule has 0 bridgehead atoms. The fourth-order valence-corrected chi connectivity index (χ4v) is 4.32. The lowest BCUT2D eigenvalue weighted by Crippen LogP contribution is -2.37. The zero-order valence-electron chi connectivity index (χ0n) is 16.0. The summed E-state index contributed by atoms with van der Waals surface area (Å²) in [7, 11) is 0. The quantitative estimate of drug-likeness (QED) is 0.730. The van der Waals surface area contributed by atoms with E-state index in [0.29, 0.717) is 17.8 Å². The molecule has 0 radical (unpaired) electrons. The van der Waals surface area contributed by atoms with Gasteiger partial charge in [-0.05, 0) is 54.4 Å². The van der Waals surface area contributed by atoms with Crippen molar-refractivity contribution in [3.63, 3.8) is 0 Å². The average Bonchev–Trinajstić information content (AvgIpc) is 3.45. The van der Waals surface area contributed by atoms with E-state index in [1.54, 1.807) is 23.6 Å². The molecule has 2 aromatic rings. The lowest BCUT2D eigenvalue weighted by atomic mass is 10.1. The summed E-state index contributed by atoms with van der Waals surface area (Å²) < 4.78 is 0. The van der Waals surface area contributed by atoms with Crippen LogP contribution in [0.1, 0.15) is 59.1 Å². The zero-order valence-corrected chi connectivity index (χ0v) is 16.8. The van der Waals surface area contributed by atoms with Crippen molar-refractivity contribution >= 4 is 23.2 Å². The van der Waals surface area contributed by atoms with E-state index in [2.05, 4.69) is 45.9 Å². The Labute approximate surface area is 164 Å². The molecule has 7 heteroatoms. The molecule has 2 aromatic heterocycles. The molecule has 146 valence electrons. The number of hydrogen-bond acceptors (Lipinski definition) is 4. The number of carbonyl (C=O) groups excluding carboxylic acids is 2. The lowest BCUT2D eigenvalue weighted by Gasteiger charge is -2.29. The van der Waals surface area contributed by atoms with Crippen LogP contribution in [-0.4, -0.2) is 59.3 Å². The van der Waals surface area contributed by atoms with Crippen LogP contribution in [0.3, 0.4) is 0 Å². The van der Waals surface area contributed by atoms with Crippen molar-refractivity contribution in [1.82, 2.24) is 20.1 Å². The highest BCUT2D eigenvalue weighted by atomic mass is 32.1. The number of nitrogens with zero attached hydrogens (tertiary/aromatic N) is 2. The van der Waals surface area contributed by atoms with Gasteiger partial charge in [0.1, 0.15) is 5.69 Å². The molecule has 0 saturated carbocycles. The molecule has 1 saturated heterocycles. The monoisotopic (exact) mass is 388 g/mol. The number of hydrogen-bond donors (Lipinski definition) is 2. The molecule has 1 fully saturated rings. The number of rotatable bonds is 8. The maximum atomic E-state index is 12.6. The standard InChI is InChI=1S/C20H28N4O2S/c1-3-23(4-2)18(15-7-10-27-14-15)13-22-19(25)16-11-17(21-12-16)20(26)24-8-5-6-9-24/h7,10-12,14,18,21H,3-6,8-9,13H2,1-2H3,(H,22,25)/t18-/m1/s1. The van der Waals surface area contributed by atoms with Crippen LogP contribution in [0.4, 0.5) is 0 Å². The molecule has 1 aliphatic heterocycles. The number of likely N-dealkylation sites (N-methyl/N-ethyl adjacent to an activating group) is 1.